The predicted octanol–water partition coefficient (Wildman–Crippen LogP) is 4.62. The van der Waals surface area contributed by atoms with Crippen LogP contribution in [0.4, 0.5) is 0 Å². The molecule has 19 heavy (non-hydrogen) atoms. The molecular formula is C16H27NOS. The van der Waals surface area contributed by atoms with Crippen molar-refractivity contribution in [1.29, 1.82) is 0 Å². The van der Waals surface area contributed by atoms with E-state index in [1.54, 1.807) is 7.11 Å². The van der Waals surface area contributed by atoms with Gasteiger partial charge in [-0.1, -0.05) is 26.7 Å². The molecule has 0 spiro atoms. The fraction of sp³-hybridized carbons (Fsp3) is 0.750. The van der Waals surface area contributed by atoms with Crippen molar-refractivity contribution in [3.8, 4) is 5.75 Å². The second-order valence-corrected chi connectivity index (χ2v) is 6.78. The third-order valence-electron chi connectivity index (χ3n) is 4.28. The Bertz CT molecular complexity index is 369. The van der Waals surface area contributed by atoms with Crippen molar-refractivity contribution in [2.24, 2.45) is 11.8 Å². The molecule has 1 heterocycles. The van der Waals surface area contributed by atoms with E-state index in [-0.39, 0.29) is 0 Å². The summed E-state index contributed by atoms with van der Waals surface area (Å²) < 4.78 is 5.34. The molecule has 0 saturated heterocycles. The van der Waals surface area contributed by atoms with Crippen molar-refractivity contribution >= 4 is 11.3 Å². The first-order valence-electron chi connectivity index (χ1n) is 7.60. The Balaban J connectivity index is 2.06. The maximum Gasteiger partial charge on any atom is 0.129 e. The highest BCUT2D eigenvalue weighted by Gasteiger charge is 2.27. The number of nitrogens with one attached hydrogen (secondary N) is 1. The van der Waals surface area contributed by atoms with Gasteiger partial charge in [0.15, 0.2) is 0 Å². The zero-order chi connectivity index (χ0) is 13.7. The molecule has 1 atom stereocenters. The Morgan fingerprint density at radius 2 is 2.11 bits per heavy atom. The number of thiophene rings is 1. The van der Waals surface area contributed by atoms with Gasteiger partial charge in [-0.15, -0.1) is 11.3 Å². The van der Waals surface area contributed by atoms with Gasteiger partial charge in [-0.2, -0.15) is 0 Å². The average Bonchev–Trinajstić information content (AvgIpc) is 2.90. The summed E-state index contributed by atoms with van der Waals surface area (Å²) in [4.78, 5) is 1.45. The molecule has 1 fully saturated rings. The summed E-state index contributed by atoms with van der Waals surface area (Å²) in [5.41, 5.74) is 0. The van der Waals surface area contributed by atoms with E-state index in [1.165, 1.54) is 37.0 Å². The number of hydrogen-bond donors (Lipinski definition) is 1. The van der Waals surface area contributed by atoms with Gasteiger partial charge in [-0.25, -0.2) is 0 Å². The van der Waals surface area contributed by atoms with Gasteiger partial charge in [0.2, 0.25) is 0 Å². The van der Waals surface area contributed by atoms with Crippen molar-refractivity contribution in [1.82, 2.24) is 5.32 Å². The summed E-state index contributed by atoms with van der Waals surface area (Å²) in [6.45, 7) is 5.73. The highest BCUT2D eigenvalue weighted by molar-refractivity contribution is 7.10. The van der Waals surface area contributed by atoms with Gasteiger partial charge >= 0.3 is 0 Å². The van der Waals surface area contributed by atoms with Crippen molar-refractivity contribution in [2.75, 3.05) is 13.7 Å². The van der Waals surface area contributed by atoms with Crippen molar-refractivity contribution < 1.29 is 4.74 Å². The molecule has 0 aromatic carbocycles. The molecule has 1 aliphatic carbocycles. The van der Waals surface area contributed by atoms with Gasteiger partial charge in [-0.05, 0) is 43.7 Å². The smallest absolute Gasteiger partial charge is 0.129 e. The summed E-state index contributed by atoms with van der Waals surface area (Å²) in [7, 11) is 1.75. The fourth-order valence-corrected chi connectivity index (χ4v) is 4.05. The van der Waals surface area contributed by atoms with Gasteiger partial charge in [-0.3, -0.25) is 0 Å². The largest absolute Gasteiger partial charge is 0.496 e. The Hall–Kier alpha value is -0.540. The fourth-order valence-electron chi connectivity index (χ4n) is 3.02. The lowest BCUT2D eigenvalue weighted by Gasteiger charge is -2.33. The van der Waals surface area contributed by atoms with Crippen molar-refractivity contribution in [3.05, 3.63) is 16.3 Å². The molecule has 1 N–H and O–H groups in total. The molecule has 0 radical (unpaired) electrons. The minimum absolute atomic E-state index is 0.529. The van der Waals surface area contributed by atoms with E-state index >= 15 is 0 Å². The molecule has 108 valence electrons. The van der Waals surface area contributed by atoms with Crippen LogP contribution in [0.15, 0.2) is 11.4 Å². The monoisotopic (exact) mass is 281 g/mol. The van der Waals surface area contributed by atoms with Gasteiger partial charge in [0.05, 0.1) is 7.11 Å². The number of hydrogen-bond acceptors (Lipinski definition) is 3. The summed E-state index contributed by atoms with van der Waals surface area (Å²) in [5, 5.41) is 5.89. The molecule has 2 rings (SSSR count). The quantitative estimate of drug-likeness (QED) is 0.821. The SMILES string of the molecule is CCCNC(c1cc(OC)cs1)C1CCC(C)CC1. The summed E-state index contributed by atoms with van der Waals surface area (Å²) in [6.07, 6.45) is 6.70. The lowest BCUT2D eigenvalue weighted by molar-refractivity contribution is 0.233. The van der Waals surface area contributed by atoms with Crippen LogP contribution in [0.25, 0.3) is 0 Å². The van der Waals surface area contributed by atoms with Gasteiger partial charge in [0.25, 0.3) is 0 Å². The van der Waals surface area contributed by atoms with Crippen molar-refractivity contribution in [2.45, 2.75) is 52.0 Å². The van der Waals surface area contributed by atoms with Gasteiger partial charge in [0, 0.05) is 16.3 Å². The van der Waals surface area contributed by atoms with Crippen LogP contribution in [-0.4, -0.2) is 13.7 Å². The summed E-state index contributed by atoms with van der Waals surface area (Å²) in [5.74, 6) is 2.72. The lowest BCUT2D eigenvalue weighted by Crippen LogP contribution is -2.30. The Labute approximate surface area is 121 Å². The lowest BCUT2D eigenvalue weighted by atomic mass is 9.79. The van der Waals surface area contributed by atoms with Crippen LogP contribution in [0.1, 0.15) is 56.9 Å². The van der Waals surface area contributed by atoms with E-state index < -0.39 is 0 Å². The van der Waals surface area contributed by atoms with E-state index in [2.05, 4.69) is 30.6 Å². The molecule has 1 aromatic heterocycles. The minimum Gasteiger partial charge on any atom is -0.496 e. The molecule has 0 aliphatic heterocycles. The molecule has 0 amide bonds. The van der Waals surface area contributed by atoms with E-state index in [1.807, 2.05) is 11.3 Å². The van der Waals surface area contributed by atoms with E-state index in [9.17, 15) is 0 Å². The molecular weight excluding hydrogens is 254 g/mol. The molecule has 2 nitrogen and oxygen atoms in total. The highest BCUT2D eigenvalue weighted by Crippen LogP contribution is 2.39. The standard InChI is InChI=1S/C16H27NOS/c1-4-9-17-16(13-7-5-12(2)6-8-13)15-10-14(18-3)11-19-15/h10-13,16-17H,4-9H2,1-3H3. The summed E-state index contributed by atoms with van der Waals surface area (Å²) in [6, 6.07) is 2.75. The second kappa shape index (κ2) is 7.30. The molecule has 1 saturated carbocycles. The highest BCUT2D eigenvalue weighted by atomic mass is 32.1. The van der Waals surface area contributed by atoms with Crippen LogP contribution in [0.2, 0.25) is 0 Å². The first-order valence-corrected chi connectivity index (χ1v) is 8.48. The maximum atomic E-state index is 5.34. The normalized spacial score (nSPS) is 25.2. The molecule has 1 unspecified atom stereocenters. The molecule has 0 bridgehead atoms. The van der Waals surface area contributed by atoms with Crippen LogP contribution < -0.4 is 10.1 Å². The van der Waals surface area contributed by atoms with Crippen molar-refractivity contribution in [3.63, 3.8) is 0 Å². The van der Waals surface area contributed by atoms with Crippen LogP contribution >= 0.6 is 11.3 Å². The molecule has 1 aromatic rings. The first-order chi connectivity index (χ1) is 9.24. The average molecular weight is 281 g/mol. The van der Waals surface area contributed by atoms with Gasteiger partial charge < -0.3 is 10.1 Å². The van der Waals surface area contributed by atoms with E-state index in [4.69, 9.17) is 4.74 Å². The van der Waals surface area contributed by atoms with Gasteiger partial charge in [0.1, 0.15) is 5.75 Å². The van der Waals surface area contributed by atoms with E-state index in [0.717, 1.165) is 24.1 Å². The zero-order valence-electron chi connectivity index (χ0n) is 12.4. The zero-order valence-corrected chi connectivity index (χ0v) is 13.3. The van der Waals surface area contributed by atoms with Crippen LogP contribution in [-0.2, 0) is 0 Å². The van der Waals surface area contributed by atoms with Crippen LogP contribution in [0, 0.1) is 11.8 Å². The number of rotatable bonds is 6. The number of methoxy groups -OCH3 is 1. The summed E-state index contributed by atoms with van der Waals surface area (Å²) >= 11 is 1.84. The van der Waals surface area contributed by atoms with Crippen LogP contribution in [0.5, 0.6) is 5.75 Å². The minimum atomic E-state index is 0.529. The Kier molecular flexibility index (Phi) is 5.71. The third-order valence-corrected chi connectivity index (χ3v) is 5.28. The first kappa shape index (κ1) is 14.9. The topological polar surface area (TPSA) is 21.3 Å². The van der Waals surface area contributed by atoms with Crippen LogP contribution in [0.3, 0.4) is 0 Å². The Morgan fingerprint density at radius 3 is 2.68 bits per heavy atom. The molecule has 1 aliphatic rings. The second-order valence-electron chi connectivity index (χ2n) is 5.84. The third kappa shape index (κ3) is 3.96. The van der Waals surface area contributed by atoms with E-state index in [0.29, 0.717) is 6.04 Å². The number of ether oxygens (including phenoxy) is 1. The molecule has 3 heteroatoms. The Morgan fingerprint density at radius 1 is 1.37 bits per heavy atom. The maximum absolute atomic E-state index is 5.34. The predicted molar refractivity (Wildman–Crippen MR) is 83.0 cm³/mol.